The molecule has 0 radical (unpaired) electrons. The molecule has 0 aromatic heterocycles. The zero-order chi connectivity index (χ0) is 11.8. The van der Waals surface area contributed by atoms with Gasteiger partial charge < -0.3 is 0 Å². The highest BCUT2D eigenvalue weighted by atomic mass is 16.1. The van der Waals surface area contributed by atoms with Crippen LogP contribution in [0, 0.1) is 0 Å². The van der Waals surface area contributed by atoms with Crippen LogP contribution >= 0.6 is 0 Å². The van der Waals surface area contributed by atoms with Crippen molar-refractivity contribution in [2.24, 2.45) is 0 Å². The first kappa shape index (κ1) is 11.7. The van der Waals surface area contributed by atoms with Gasteiger partial charge in [0.2, 0.25) is 0 Å². The molecule has 2 unspecified atom stereocenters. The molecule has 3 heteroatoms. The second kappa shape index (κ2) is 4.69. The number of nitrogens with zero attached hydrogens (tertiary/aromatic N) is 2. The Hall–Kier alpha value is -0.410. The number of hydrogen-bond acceptors (Lipinski definition) is 3. The molecule has 2 aliphatic heterocycles. The van der Waals surface area contributed by atoms with Crippen molar-refractivity contribution in [3.8, 4) is 0 Å². The molecule has 3 rings (SSSR count). The number of carbonyl (C=O) groups excluding carboxylic acids is 1. The molecule has 2 saturated heterocycles. The molecule has 0 amide bonds. The molecule has 0 aromatic rings. The van der Waals surface area contributed by atoms with Crippen LogP contribution in [-0.2, 0) is 4.79 Å². The fraction of sp³-hybridized carbons (Fsp3) is 0.929. The Kier molecular flexibility index (Phi) is 3.22. The number of ketones is 1. The molecule has 3 aliphatic rings. The van der Waals surface area contributed by atoms with E-state index in [0.717, 1.165) is 37.8 Å². The number of fused-ring (bicyclic) bond motifs is 2. The lowest BCUT2D eigenvalue weighted by Gasteiger charge is -2.35. The largest absolute Gasteiger partial charge is 0.300 e. The van der Waals surface area contributed by atoms with Crippen molar-refractivity contribution in [2.45, 2.75) is 63.1 Å². The fourth-order valence-electron chi connectivity index (χ4n) is 3.96. The van der Waals surface area contributed by atoms with E-state index in [1.54, 1.807) is 0 Å². The average molecular weight is 236 g/mol. The number of rotatable bonds is 1. The van der Waals surface area contributed by atoms with E-state index in [4.69, 9.17) is 0 Å². The highest BCUT2D eigenvalue weighted by Crippen LogP contribution is 2.31. The summed E-state index contributed by atoms with van der Waals surface area (Å²) in [5.41, 5.74) is 0. The topological polar surface area (TPSA) is 23.6 Å². The third-order valence-electron chi connectivity index (χ3n) is 5.21. The van der Waals surface area contributed by atoms with Crippen molar-refractivity contribution in [2.75, 3.05) is 20.1 Å². The van der Waals surface area contributed by atoms with E-state index in [2.05, 4.69) is 16.8 Å². The Bertz CT molecular complexity index is 295. The highest BCUT2D eigenvalue weighted by molar-refractivity contribution is 5.79. The van der Waals surface area contributed by atoms with E-state index < -0.39 is 0 Å². The molecular weight excluding hydrogens is 212 g/mol. The van der Waals surface area contributed by atoms with E-state index in [-0.39, 0.29) is 0 Å². The number of hydrogen-bond donors (Lipinski definition) is 0. The lowest BCUT2D eigenvalue weighted by molar-refractivity contribution is -0.121. The first-order chi connectivity index (χ1) is 8.24. The quantitative estimate of drug-likeness (QED) is 0.692. The molecule has 2 heterocycles. The van der Waals surface area contributed by atoms with Gasteiger partial charge in [0.25, 0.3) is 0 Å². The van der Waals surface area contributed by atoms with Crippen molar-refractivity contribution in [1.82, 2.24) is 9.80 Å². The monoisotopic (exact) mass is 236 g/mol. The molecule has 3 fully saturated rings. The van der Waals surface area contributed by atoms with Crippen LogP contribution in [0.3, 0.4) is 0 Å². The van der Waals surface area contributed by atoms with Gasteiger partial charge in [-0.05, 0) is 45.7 Å². The van der Waals surface area contributed by atoms with Crippen molar-refractivity contribution in [1.29, 1.82) is 0 Å². The summed E-state index contributed by atoms with van der Waals surface area (Å²) in [5, 5.41) is 0. The maximum Gasteiger partial charge on any atom is 0.133 e. The Morgan fingerprint density at radius 3 is 2.41 bits per heavy atom. The van der Waals surface area contributed by atoms with E-state index >= 15 is 0 Å². The second-order valence-electron chi connectivity index (χ2n) is 6.10. The van der Waals surface area contributed by atoms with Crippen LogP contribution in [-0.4, -0.2) is 53.8 Å². The molecule has 2 bridgehead atoms. The van der Waals surface area contributed by atoms with Crippen LogP contribution in [0.2, 0.25) is 0 Å². The Labute approximate surface area is 104 Å². The maximum absolute atomic E-state index is 11.3. The molecule has 96 valence electrons. The number of likely N-dealkylation sites (N-methyl/N-ethyl adjacent to an activating group) is 1. The maximum atomic E-state index is 11.3. The molecule has 17 heavy (non-hydrogen) atoms. The van der Waals surface area contributed by atoms with Crippen LogP contribution in [0.4, 0.5) is 0 Å². The summed E-state index contributed by atoms with van der Waals surface area (Å²) in [7, 11) is 2.30. The molecular formula is C14H24N2O. The van der Waals surface area contributed by atoms with Gasteiger partial charge in [-0.2, -0.15) is 0 Å². The zero-order valence-corrected chi connectivity index (χ0v) is 10.9. The van der Waals surface area contributed by atoms with Crippen molar-refractivity contribution in [3.63, 3.8) is 0 Å². The molecule has 0 aromatic carbocycles. The molecule has 2 atom stereocenters. The summed E-state index contributed by atoms with van der Waals surface area (Å²) < 4.78 is 0. The summed E-state index contributed by atoms with van der Waals surface area (Å²) in [5.74, 6) is 0.481. The number of Topliss-reactive ketones (excluding diaryl/α,β-unsaturated/α-hetero) is 1. The van der Waals surface area contributed by atoms with Gasteiger partial charge in [0, 0.05) is 37.5 Å². The van der Waals surface area contributed by atoms with Crippen molar-refractivity contribution >= 4 is 5.78 Å². The Morgan fingerprint density at radius 2 is 1.65 bits per heavy atom. The smallest absolute Gasteiger partial charge is 0.133 e. The second-order valence-corrected chi connectivity index (χ2v) is 6.10. The SMILES string of the molecule is CN1C2CCC1CN(C1CCC(=O)CC1)CC2. The Morgan fingerprint density at radius 1 is 0.941 bits per heavy atom. The predicted molar refractivity (Wildman–Crippen MR) is 68.0 cm³/mol. The van der Waals surface area contributed by atoms with Gasteiger partial charge in [0.05, 0.1) is 0 Å². The normalized spacial score (nSPS) is 37.4. The van der Waals surface area contributed by atoms with Gasteiger partial charge >= 0.3 is 0 Å². The van der Waals surface area contributed by atoms with Gasteiger partial charge in [-0.1, -0.05) is 0 Å². The minimum atomic E-state index is 0.481. The van der Waals surface area contributed by atoms with Crippen LogP contribution in [0.15, 0.2) is 0 Å². The average Bonchev–Trinajstić information content (AvgIpc) is 2.55. The lowest BCUT2D eigenvalue weighted by atomic mass is 9.92. The standard InChI is InChI=1S/C14H24N2O/c1-15-11-2-3-13(15)10-16(9-8-11)12-4-6-14(17)7-5-12/h11-13H,2-10H2,1H3. The highest BCUT2D eigenvalue weighted by Gasteiger charge is 2.37. The van der Waals surface area contributed by atoms with E-state index in [1.807, 2.05) is 0 Å². The van der Waals surface area contributed by atoms with E-state index in [9.17, 15) is 4.79 Å². The number of carbonyl (C=O) groups is 1. The Balaban J connectivity index is 1.63. The van der Waals surface area contributed by atoms with Gasteiger partial charge in [-0.25, -0.2) is 0 Å². The van der Waals surface area contributed by atoms with Gasteiger partial charge in [0.15, 0.2) is 0 Å². The summed E-state index contributed by atoms with van der Waals surface area (Å²) in [6, 6.07) is 2.30. The van der Waals surface area contributed by atoms with Crippen LogP contribution in [0.1, 0.15) is 44.9 Å². The zero-order valence-electron chi connectivity index (χ0n) is 10.9. The molecule has 1 saturated carbocycles. The van der Waals surface area contributed by atoms with E-state index in [1.165, 1.54) is 32.4 Å². The summed E-state index contributed by atoms with van der Waals surface area (Å²) >= 11 is 0. The lowest BCUT2D eigenvalue weighted by Crippen LogP contribution is -2.43. The number of likely N-dealkylation sites (tertiary alicyclic amines) is 1. The third-order valence-corrected chi connectivity index (χ3v) is 5.21. The van der Waals surface area contributed by atoms with Gasteiger partial charge in [-0.15, -0.1) is 0 Å². The van der Waals surface area contributed by atoms with Gasteiger partial charge in [-0.3, -0.25) is 14.6 Å². The minimum Gasteiger partial charge on any atom is -0.300 e. The van der Waals surface area contributed by atoms with Crippen molar-refractivity contribution in [3.05, 3.63) is 0 Å². The molecule has 1 aliphatic carbocycles. The first-order valence-electron chi connectivity index (χ1n) is 7.21. The van der Waals surface area contributed by atoms with E-state index in [0.29, 0.717) is 11.8 Å². The predicted octanol–water partition coefficient (Wildman–Crippen LogP) is 1.67. The summed E-state index contributed by atoms with van der Waals surface area (Å²) in [4.78, 5) is 16.6. The first-order valence-corrected chi connectivity index (χ1v) is 7.21. The van der Waals surface area contributed by atoms with Crippen LogP contribution in [0.5, 0.6) is 0 Å². The van der Waals surface area contributed by atoms with Crippen LogP contribution < -0.4 is 0 Å². The fourth-order valence-corrected chi connectivity index (χ4v) is 3.96. The minimum absolute atomic E-state index is 0.481. The van der Waals surface area contributed by atoms with Crippen LogP contribution in [0.25, 0.3) is 0 Å². The van der Waals surface area contributed by atoms with Crippen molar-refractivity contribution < 1.29 is 4.79 Å². The summed E-state index contributed by atoms with van der Waals surface area (Å²) in [6.45, 7) is 2.50. The molecule has 0 N–H and O–H groups in total. The van der Waals surface area contributed by atoms with Gasteiger partial charge in [0.1, 0.15) is 5.78 Å². The molecule has 0 spiro atoms. The molecule has 3 nitrogen and oxygen atoms in total. The third kappa shape index (κ3) is 2.27. The summed E-state index contributed by atoms with van der Waals surface area (Å²) in [6.07, 6.45) is 7.98.